The van der Waals surface area contributed by atoms with Crippen LogP contribution in [0.5, 0.6) is 0 Å². The van der Waals surface area contributed by atoms with Crippen LogP contribution < -0.4 is 0 Å². The third kappa shape index (κ3) is 3.89. The molecule has 106 valence electrons. The van der Waals surface area contributed by atoms with Crippen LogP contribution in [0.4, 0.5) is 8.78 Å². The van der Waals surface area contributed by atoms with Crippen molar-refractivity contribution in [2.24, 2.45) is 0 Å². The molecule has 20 heavy (non-hydrogen) atoms. The Hall–Kier alpha value is -1.22. The van der Waals surface area contributed by atoms with Gasteiger partial charge in [-0.2, -0.15) is 0 Å². The average Bonchev–Trinajstić information content (AvgIpc) is 2.42. The number of rotatable bonds is 5. The Morgan fingerprint density at radius 2 is 1.65 bits per heavy atom. The van der Waals surface area contributed by atoms with Crippen molar-refractivity contribution in [1.29, 1.82) is 0 Å². The summed E-state index contributed by atoms with van der Waals surface area (Å²) in [6.45, 7) is 2.08. The lowest BCUT2D eigenvalue weighted by atomic mass is 10.0. The van der Waals surface area contributed by atoms with Gasteiger partial charge in [0.05, 0.1) is 0 Å². The summed E-state index contributed by atoms with van der Waals surface area (Å²) in [6, 6.07) is 12.2. The van der Waals surface area contributed by atoms with E-state index in [9.17, 15) is 8.78 Å². The molecule has 1 atom stereocenters. The van der Waals surface area contributed by atoms with Gasteiger partial charge in [-0.3, -0.25) is 0 Å². The molecule has 0 N–H and O–H groups in total. The molecule has 0 aromatic heterocycles. The summed E-state index contributed by atoms with van der Waals surface area (Å²) in [5.41, 5.74) is 2.70. The molecular formula is C17H17BrF2. The Kier molecular flexibility index (Phi) is 5.30. The number of benzene rings is 2. The second-order valence-electron chi connectivity index (χ2n) is 4.97. The van der Waals surface area contributed by atoms with Crippen LogP contribution in [0.3, 0.4) is 0 Å². The molecule has 2 aromatic carbocycles. The van der Waals surface area contributed by atoms with E-state index in [1.165, 1.54) is 29.3 Å². The predicted molar refractivity (Wildman–Crippen MR) is 82.3 cm³/mol. The van der Waals surface area contributed by atoms with E-state index in [0.717, 1.165) is 12.8 Å². The normalized spacial score (nSPS) is 12.4. The van der Waals surface area contributed by atoms with E-state index in [2.05, 4.69) is 35.0 Å². The van der Waals surface area contributed by atoms with Gasteiger partial charge in [0.1, 0.15) is 11.6 Å². The van der Waals surface area contributed by atoms with Gasteiger partial charge in [-0.05, 0) is 49.4 Å². The maximum Gasteiger partial charge on any atom is 0.129 e. The highest BCUT2D eigenvalue weighted by Crippen LogP contribution is 2.21. The van der Waals surface area contributed by atoms with Crippen LogP contribution in [0.15, 0.2) is 42.5 Å². The molecular weight excluding hydrogens is 322 g/mol. The van der Waals surface area contributed by atoms with Crippen LogP contribution >= 0.6 is 15.9 Å². The molecule has 0 aliphatic carbocycles. The quantitative estimate of drug-likeness (QED) is 0.656. The Balaban J connectivity index is 1.96. The molecule has 0 radical (unpaired) electrons. The SMILES string of the molecule is Cc1ccccc1CCC(Br)Cc1c(F)cccc1F. The van der Waals surface area contributed by atoms with Crippen LogP contribution in [0, 0.1) is 18.6 Å². The zero-order valence-corrected chi connectivity index (χ0v) is 13.0. The average molecular weight is 339 g/mol. The summed E-state index contributed by atoms with van der Waals surface area (Å²) < 4.78 is 27.2. The van der Waals surface area contributed by atoms with Crippen LogP contribution in [0.1, 0.15) is 23.1 Å². The van der Waals surface area contributed by atoms with Gasteiger partial charge in [0.15, 0.2) is 0 Å². The van der Waals surface area contributed by atoms with Crippen LogP contribution in [0.2, 0.25) is 0 Å². The van der Waals surface area contributed by atoms with Crippen molar-refractivity contribution in [2.45, 2.75) is 31.0 Å². The van der Waals surface area contributed by atoms with Gasteiger partial charge < -0.3 is 0 Å². The van der Waals surface area contributed by atoms with E-state index in [0.29, 0.717) is 6.42 Å². The lowest BCUT2D eigenvalue weighted by Crippen LogP contribution is -2.08. The molecule has 0 saturated heterocycles. The van der Waals surface area contributed by atoms with Gasteiger partial charge in [-0.15, -0.1) is 0 Å². The minimum atomic E-state index is -0.467. The number of halogens is 3. The van der Waals surface area contributed by atoms with Gasteiger partial charge in [0.2, 0.25) is 0 Å². The Morgan fingerprint density at radius 3 is 2.30 bits per heavy atom. The molecule has 2 rings (SSSR count). The number of aryl methyl sites for hydroxylation is 2. The first kappa shape index (κ1) is 15.2. The minimum absolute atomic E-state index is 0.0634. The first-order chi connectivity index (χ1) is 9.58. The summed E-state index contributed by atoms with van der Waals surface area (Å²) >= 11 is 3.53. The smallest absolute Gasteiger partial charge is 0.129 e. The molecule has 0 amide bonds. The van der Waals surface area contributed by atoms with E-state index >= 15 is 0 Å². The molecule has 0 saturated carbocycles. The Labute approximate surface area is 127 Å². The Morgan fingerprint density at radius 1 is 1.00 bits per heavy atom. The van der Waals surface area contributed by atoms with Crippen molar-refractivity contribution in [2.75, 3.05) is 0 Å². The van der Waals surface area contributed by atoms with E-state index in [4.69, 9.17) is 0 Å². The maximum atomic E-state index is 13.6. The van der Waals surface area contributed by atoms with Crippen molar-refractivity contribution in [3.05, 3.63) is 70.8 Å². The summed E-state index contributed by atoms with van der Waals surface area (Å²) in [4.78, 5) is 0.0634. The molecule has 0 fully saturated rings. The van der Waals surface area contributed by atoms with Gasteiger partial charge in [0.25, 0.3) is 0 Å². The predicted octanol–water partition coefficient (Wildman–Crippen LogP) is 5.21. The maximum absolute atomic E-state index is 13.6. The van der Waals surface area contributed by atoms with E-state index in [1.807, 2.05) is 12.1 Å². The highest BCUT2D eigenvalue weighted by atomic mass is 79.9. The van der Waals surface area contributed by atoms with Crippen LogP contribution in [-0.2, 0) is 12.8 Å². The molecule has 1 unspecified atom stereocenters. The van der Waals surface area contributed by atoms with E-state index in [1.54, 1.807) is 0 Å². The van der Waals surface area contributed by atoms with Crippen molar-refractivity contribution in [1.82, 2.24) is 0 Å². The molecule has 2 aromatic rings. The van der Waals surface area contributed by atoms with Crippen molar-refractivity contribution >= 4 is 15.9 Å². The fourth-order valence-electron chi connectivity index (χ4n) is 2.25. The molecule has 0 spiro atoms. The minimum Gasteiger partial charge on any atom is -0.207 e. The molecule has 0 bridgehead atoms. The summed E-state index contributed by atoms with van der Waals surface area (Å²) in [5, 5.41) is 0. The molecule has 0 aliphatic heterocycles. The number of hydrogen-bond donors (Lipinski definition) is 0. The number of alkyl halides is 1. The largest absolute Gasteiger partial charge is 0.207 e. The lowest BCUT2D eigenvalue weighted by Gasteiger charge is -2.12. The summed E-state index contributed by atoms with van der Waals surface area (Å²) in [7, 11) is 0. The first-order valence-electron chi connectivity index (χ1n) is 6.69. The Bertz CT molecular complexity index is 561. The highest BCUT2D eigenvalue weighted by Gasteiger charge is 2.14. The third-order valence-electron chi connectivity index (χ3n) is 3.48. The standard InChI is InChI=1S/C17H17BrF2/c1-12-5-2-3-6-13(12)9-10-14(18)11-15-16(19)7-4-8-17(15)20/h2-8,14H,9-11H2,1H3. The van der Waals surface area contributed by atoms with Gasteiger partial charge >= 0.3 is 0 Å². The van der Waals surface area contributed by atoms with E-state index in [-0.39, 0.29) is 10.4 Å². The lowest BCUT2D eigenvalue weighted by molar-refractivity contribution is 0.550. The van der Waals surface area contributed by atoms with Crippen LogP contribution in [-0.4, -0.2) is 4.83 Å². The number of hydrogen-bond acceptors (Lipinski definition) is 0. The van der Waals surface area contributed by atoms with Crippen molar-refractivity contribution in [3.8, 4) is 0 Å². The summed E-state index contributed by atoms with van der Waals surface area (Å²) in [6.07, 6.45) is 2.11. The van der Waals surface area contributed by atoms with Gasteiger partial charge in [-0.25, -0.2) is 8.78 Å². The fourth-order valence-corrected chi connectivity index (χ4v) is 2.81. The van der Waals surface area contributed by atoms with Gasteiger partial charge in [0, 0.05) is 10.4 Å². The monoisotopic (exact) mass is 338 g/mol. The first-order valence-corrected chi connectivity index (χ1v) is 7.61. The second kappa shape index (κ2) is 6.98. The molecule has 0 heterocycles. The molecule has 0 aliphatic rings. The van der Waals surface area contributed by atoms with Gasteiger partial charge in [-0.1, -0.05) is 46.3 Å². The van der Waals surface area contributed by atoms with Crippen molar-refractivity contribution in [3.63, 3.8) is 0 Å². The molecule has 3 heteroatoms. The van der Waals surface area contributed by atoms with Crippen LogP contribution in [0.25, 0.3) is 0 Å². The van der Waals surface area contributed by atoms with Crippen molar-refractivity contribution < 1.29 is 8.78 Å². The third-order valence-corrected chi connectivity index (χ3v) is 4.26. The zero-order chi connectivity index (χ0) is 14.5. The highest BCUT2D eigenvalue weighted by molar-refractivity contribution is 9.09. The second-order valence-corrected chi connectivity index (χ2v) is 6.26. The summed E-state index contributed by atoms with van der Waals surface area (Å²) in [5.74, 6) is -0.935. The zero-order valence-electron chi connectivity index (χ0n) is 11.4. The fraction of sp³-hybridized carbons (Fsp3) is 0.294. The topological polar surface area (TPSA) is 0 Å². The molecule has 0 nitrogen and oxygen atoms in total. The van der Waals surface area contributed by atoms with E-state index < -0.39 is 11.6 Å².